The highest BCUT2D eigenvalue weighted by Gasteiger charge is 2.87. The normalized spacial score (nSPS) is 34.3. The molecule has 32 heavy (non-hydrogen) atoms. The van der Waals surface area contributed by atoms with Gasteiger partial charge in [0.15, 0.2) is 0 Å². The molecule has 5 rings (SSSR count). The van der Waals surface area contributed by atoms with E-state index in [0.717, 1.165) is 56.5 Å². The molecular formula is C23H34F3N5S. The first kappa shape index (κ1) is 23.7. The number of alkyl halides is 3. The summed E-state index contributed by atoms with van der Waals surface area (Å²) in [5, 5.41) is 4.21. The van der Waals surface area contributed by atoms with E-state index < -0.39 is 11.7 Å². The number of nitrogens with two attached hydrogens (primary N) is 1. The van der Waals surface area contributed by atoms with Crippen LogP contribution < -0.4 is 10.7 Å². The first-order valence-electron chi connectivity index (χ1n) is 11.6. The Morgan fingerprint density at radius 1 is 1.16 bits per heavy atom. The van der Waals surface area contributed by atoms with Crippen LogP contribution in [0.4, 0.5) is 19.0 Å². The highest BCUT2D eigenvalue weighted by Crippen LogP contribution is 2.89. The minimum Gasteiger partial charge on any atom is -0.354 e. The van der Waals surface area contributed by atoms with Crippen LogP contribution in [0.3, 0.4) is 0 Å². The van der Waals surface area contributed by atoms with Crippen LogP contribution in [0.2, 0.25) is 0 Å². The van der Waals surface area contributed by atoms with E-state index in [2.05, 4.69) is 33.1 Å². The van der Waals surface area contributed by atoms with E-state index >= 15 is 0 Å². The average molecular weight is 470 g/mol. The molecule has 4 aliphatic rings. The standard InChI is InChI=1S/C21H28F3N5S.C2H6/c1-18(2)15-11-16(27-25)19(5-6-20(15,18)19)13-30-29-9-7-28(8-10-29)17-4-3-14(12-26-17)21(22,23)24;1-2/h3-4,12,15H,5-11,13,25H2,1-2H3;1-2H3/b27-16+;. The summed E-state index contributed by atoms with van der Waals surface area (Å²) in [4.78, 5) is 6.09. The molecule has 0 aromatic carbocycles. The predicted octanol–water partition coefficient (Wildman–Crippen LogP) is 5.04. The number of hydrogen-bond donors (Lipinski definition) is 1. The number of hydrogen-bond acceptors (Lipinski definition) is 6. The van der Waals surface area contributed by atoms with Crippen LogP contribution in [0, 0.1) is 22.2 Å². The van der Waals surface area contributed by atoms with E-state index in [1.54, 1.807) is 0 Å². The molecule has 2 N–H and O–H groups in total. The Kier molecular flexibility index (Phi) is 5.98. The topological polar surface area (TPSA) is 57.8 Å². The first-order valence-corrected chi connectivity index (χ1v) is 12.5. The number of aromatic nitrogens is 1. The van der Waals surface area contributed by atoms with Crippen LogP contribution in [0.15, 0.2) is 23.4 Å². The van der Waals surface area contributed by atoms with Gasteiger partial charge in [0.1, 0.15) is 5.82 Å². The van der Waals surface area contributed by atoms with E-state index in [0.29, 0.717) is 16.6 Å². The summed E-state index contributed by atoms with van der Waals surface area (Å²) in [6.07, 6.45) is 0.105. The quantitative estimate of drug-likeness (QED) is 0.380. The van der Waals surface area contributed by atoms with Gasteiger partial charge in [-0.05, 0) is 48.1 Å². The van der Waals surface area contributed by atoms with Crippen LogP contribution in [0.25, 0.3) is 0 Å². The summed E-state index contributed by atoms with van der Waals surface area (Å²) >= 11 is 1.90. The van der Waals surface area contributed by atoms with Crippen molar-refractivity contribution in [1.82, 2.24) is 9.29 Å². The monoisotopic (exact) mass is 469 g/mol. The van der Waals surface area contributed by atoms with Gasteiger partial charge in [-0.2, -0.15) is 18.3 Å². The molecule has 3 aliphatic carbocycles. The lowest BCUT2D eigenvalue weighted by atomic mass is 9.55. The molecule has 2 heterocycles. The van der Waals surface area contributed by atoms with Crippen LogP contribution in [-0.4, -0.2) is 46.9 Å². The summed E-state index contributed by atoms with van der Waals surface area (Å²) in [7, 11) is 0. The van der Waals surface area contributed by atoms with Gasteiger partial charge in [-0.1, -0.05) is 39.6 Å². The second-order valence-electron chi connectivity index (χ2n) is 9.70. The van der Waals surface area contributed by atoms with E-state index in [1.807, 2.05) is 25.8 Å². The minimum atomic E-state index is -4.35. The van der Waals surface area contributed by atoms with Crippen LogP contribution in [0.1, 0.15) is 52.5 Å². The second kappa shape index (κ2) is 8.08. The first-order chi connectivity index (χ1) is 15.2. The molecule has 1 aliphatic heterocycles. The molecule has 0 radical (unpaired) electrons. The van der Waals surface area contributed by atoms with Gasteiger partial charge in [0.25, 0.3) is 0 Å². The Bertz CT molecular complexity index is 863. The molecule has 1 spiro atoms. The van der Waals surface area contributed by atoms with Crippen LogP contribution in [0.5, 0.6) is 0 Å². The summed E-state index contributed by atoms with van der Waals surface area (Å²) < 4.78 is 40.6. The SMILES string of the molecule is CC.CC1(C)C2C/C(=N\N)C3(CSN4CCN(c5ccc(C(F)(F)F)cn5)CC4)CCC231. The lowest BCUT2D eigenvalue weighted by molar-refractivity contribution is -0.137. The number of pyridine rings is 1. The third-order valence-electron chi connectivity index (χ3n) is 8.57. The molecule has 1 aromatic rings. The molecule has 3 atom stereocenters. The van der Waals surface area contributed by atoms with Crippen molar-refractivity contribution >= 4 is 23.5 Å². The van der Waals surface area contributed by atoms with Crippen LogP contribution in [-0.2, 0) is 6.18 Å². The van der Waals surface area contributed by atoms with E-state index in [1.165, 1.54) is 24.6 Å². The molecule has 1 saturated heterocycles. The predicted molar refractivity (Wildman–Crippen MR) is 124 cm³/mol. The summed E-state index contributed by atoms with van der Waals surface area (Å²) in [5.74, 6) is 8.15. The van der Waals surface area contributed by atoms with E-state index in [9.17, 15) is 13.2 Å². The minimum absolute atomic E-state index is 0.159. The highest BCUT2D eigenvalue weighted by molar-refractivity contribution is 7.97. The lowest BCUT2D eigenvalue weighted by Crippen LogP contribution is -2.52. The van der Waals surface area contributed by atoms with Gasteiger partial charge in [-0.15, -0.1) is 0 Å². The molecular weight excluding hydrogens is 435 g/mol. The number of nitrogens with zero attached hydrogens (tertiary/aromatic N) is 4. The zero-order chi connectivity index (χ0) is 23.4. The van der Waals surface area contributed by atoms with Crippen molar-refractivity contribution in [2.45, 2.75) is 53.1 Å². The third-order valence-corrected chi connectivity index (χ3v) is 9.92. The molecule has 3 saturated carbocycles. The van der Waals surface area contributed by atoms with Crippen molar-refractivity contribution in [3.8, 4) is 0 Å². The number of hydrazone groups is 1. The lowest BCUT2D eigenvalue weighted by Gasteiger charge is -2.52. The molecule has 5 nitrogen and oxygen atoms in total. The van der Waals surface area contributed by atoms with Crippen molar-refractivity contribution in [2.24, 2.45) is 33.1 Å². The van der Waals surface area contributed by atoms with Gasteiger partial charge >= 0.3 is 6.18 Å². The van der Waals surface area contributed by atoms with Crippen molar-refractivity contribution in [3.63, 3.8) is 0 Å². The Labute approximate surface area is 193 Å². The maximum Gasteiger partial charge on any atom is 0.417 e. The molecule has 0 amide bonds. The molecule has 3 unspecified atom stereocenters. The number of rotatable bonds is 4. The maximum atomic E-state index is 12.7. The van der Waals surface area contributed by atoms with E-state index in [4.69, 9.17) is 5.84 Å². The number of piperazine rings is 1. The number of anilines is 1. The highest BCUT2D eigenvalue weighted by atomic mass is 32.2. The second-order valence-corrected chi connectivity index (χ2v) is 10.8. The summed E-state index contributed by atoms with van der Waals surface area (Å²) in [6, 6.07) is 2.58. The van der Waals surface area contributed by atoms with Gasteiger partial charge < -0.3 is 10.7 Å². The molecule has 1 aromatic heterocycles. The third kappa shape index (κ3) is 3.25. The number of halogens is 3. The van der Waals surface area contributed by atoms with Gasteiger partial charge in [-0.25, -0.2) is 9.29 Å². The van der Waals surface area contributed by atoms with Crippen molar-refractivity contribution < 1.29 is 13.2 Å². The average Bonchev–Trinajstić information content (AvgIpc) is 3.21. The van der Waals surface area contributed by atoms with Crippen molar-refractivity contribution in [1.29, 1.82) is 0 Å². The fourth-order valence-corrected chi connectivity index (χ4v) is 8.17. The van der Waals surface area contributed by atoms with Gasteiger partial charge in [0.2, 0.25) is 0 Å². The van der Waals surface area contributed by atoms with Crippen LogP contribution >= 0.6 is 11.9 Å². The zero-order valence-electron chi connectivity index (χ0n) is 19.4. The largest absolute Gasteiger partial charge is 0.417 e. The Balaban J connectivity index is 0.00000119. The van der Waals surface area contributed by atoms with Crippen molar-refractivity contribution in [2.75, 3.05) is 36.8 Å². The molecule has 0 bridgehead atoms. The Morgan fingerprint density at radius 2 is 1.84 bits per heavy atom. The fraction of sp³-hybridized carbons (Fsp3) is 0.739. The fourth-order valence-electron chi connectivity index (χ4n) is 6.78. The molecule has 178 valence electrons. The Morgan fingerprint density at radius 3 is 2.34 bits per heavy atom. The van der Waals surface area contributed by atoms with Gasteiger partial charge in [0, 0.05) is 49.3 Å². The van der Waals surface area contributed by atoms with Gasteiger partial charge in [0.05, 0.1) is 5.56 Å². The molecule has 9 heteroatoms. The van der Waals surface area contributed by atoms with E-state index in [-0.39, 0.29) is 5.41 Å². The molecule has 4 fully saturated rings. The Hall–Kier alpha value is -1.48. The zero-order valence-corrected chi connectivity index (χ0v) is 20.2. The smallest absolute Gasteiger partial charge is 0.354 e. The maximum absolute atomic E-state index is 12.7. The van der Waals surface area contributed by atoms with Crippen molar-refractivity contribution in [3.05, 3.63) is 23.9 Å². The summed E-state index contributed by atoms with van der Waals surface area (Å²) in [5.41, 5.74) is 1.47. The summed E-state index contributed by atoms with van der Waals surface area (Å²) in [6.45, 7) is 12.0. The van der Waals surface area contributed by atoms with Gasteiger partial charge in [-0.3, -0.25) is 0 Å².